The van der Waals surface area contributed by atoms with Crippen LogP contribution >= 0.6 is 0 Å². The lowest BCUT2D eigenvalue weighted by atomic mass is 10.4. The molecule has 1 aliphatic rings. The van der Waals surface area contributed by atoms with Gasteiger partial charge in [-0.1, -0.05) is 0 Å². The van der Waals surface area contributed by atoms with Gasteiger partial charge in [-0.25, -0.2) is 4.98 Å². The van der Waals surface area contributed by atoms with Crippen molar-refractivity contribution in [3.63, 3.8) is 0 Å². The maximum atomic E-state index is 11.3. The second-order valence-electron chi connectivity index (χ2n) is 3.16. The lowest BCUT2D eigenvalue weighted by Gasteiger charge is -1.92. The molecule has 0 aromatic carbocycles. The summed E-state index contributed by atoms with van der Waals surface area (Å²) in [5, 5.41) is 17.1. The third-order valence-corrected chi connectivity index (χ3v) is 2.00. The zero-order valence-electron chi connectivity index (χ0n) is 7.45. The van der Waals surface area contributed by atoms with Gasteiger partial charge in [-0.15, -0.1) is 5.10 Å². The first-order chi connectivity index (χ1) is 6.81. The fourth-order valence-electron chi connectivity index (χ4n) is 1.11. The molecule has 0 saturated heterocycles. The van der Waals surface area contributed by atoms with Gasteiger partial charge in [0.1, 0.15) is 12.4 Å². The first-order valence-corrected chi connectivity index (χ1v) is 4.38. The van der Waals surface area contributed by atoms with E-state index < -0.39 is 5.91 Å². The SMILES string of the molecule is N#CCNC(=O)c1n[nH]c(C2CC2)n1. The highest BCUT2D eigenvalue weighted by molar-refractivity contribution is 5.90. The van der Waals surface area contributed by atoms with Crippen LogP contribution in [0, 0.1) is 11.3 Å². The van der Waals surface area contributed by atoms with Gasteiger partial charge >= 0.3 is 0 Å². The zero-order valence-corrected chi connectivity index (χ0v) is 7.45. The van der Waals surface area contributed by atoms with Crippen molar-refractivity contribution in [3.8, 4) is 6.07 Å². The van der Waals surface area contributed by atoms with Crippen molar-refractivity contribution in [2.24, 2.45) is 0 Å². The molecule has 0 bridgehead atoms. The average molecular weight is 191 g/mol. The standard InChI is InChI=1S/C8H9N5O/c9-3-4-10-8(14)7-11-6(12-13-7)5-1-2-5/h5H,1-2,4H2,(H,10,14)(H,11,12,13). The quantitative estimate of drug-likeness (QED) is 0.654. The minimum absolute atomic E-state index is 0.0217. The number of amides is 1. The normalized spacial score (nSPS) is 14.8. The van der Waals surface area contributed by atoms with Crippen molar-refractivity contribution >= 4 is 5.91 Å². The molecule has 72 valence electrons. The Morgan fingerprint density at radius 1 is 1.71 bits per heavy atom. The molecule has 0 atom stereocenters. The van der Waals surface area contributed by atoms with Crippen LogP contribution in [0.1, 0.15) is 35.2 Å². The van der Waals surface area contributed by atoms with Crippen LogP contribution in [0.15, 0.2) is 0 Å². The molecule has 1 aliphatic carbocycles. The number of carbonyl (C=O) groups excluding carboxylic acids is 1. The van der Waals surface area contributed by atoms with Gasteiger partial charge in [-0.3, -0.25) is 9.89 Å². The number of carbonyl (C=O) groups is 1. The second-order valence-corrected chi connectivity index (χ2v) is 3.16. The van der Waals surface area contributed by atoms with Gasteiger partial charge in [0.05, 0.1) is 6.07 Å². The third kappa shape index (κ3) is 1.71. The number of rotatable bonds is 3. The van der Waals surface area contributed by atoms with E-state index >= 15 is 0 Å². The molecule has 1 fully saturated rings. The van der Waals surface area contributed by atoms with E-state index in [-0.39, 0.29) is 12.4 Å². The number of nitrogens with zero attached hydrogens (tertiary/aromatic N) is 3. The summed E-state index contributed by atoms with van der Waals surface area (Å²) in [6.07, 6.45) is 2.21. The van der Waals surface area contributed by atoms with Gasteiger partial charge in [-0.2, -0.15) is 5.26 Å². The topological polar surface area (TPSA) is 94.5 Å². The number of nitrogens with one attached hydrogen (secondary N) is 2. The Hall–Kier alpha value is -1.90. The molecule has 2 N–H and O–H groups in total. The summed E-state index contributed by atoms with van der Waals surface area (Å²) in [6, 6.07) is 1.81. The van der Waals surface area contributed by atoms with E-state index in [1.165, 1.54) is 0 Å². The molecular formula is C8H9N5O. The number of hydrogen-bond donors (Lipinski definition) is 2. The van der Waals surface area contributed by atoms with Gasteiger partial charge < -0.3 is 5.32 Å². The molecule has 1 heterocycles. The van der Waals surface area contributed by atoms with Crippen molar-refractivity contribution in [2.75, 3.05) is 6.54 Å². The van der Waals surface area contributed by atoms with Crippen LogP contribution in [0.2, 0.25) is 0 Å². The van der Waals surface area contributed by atoms with Crippen LogP contribution in [0.25, 0.3) is 0 Å². The molecular weight excluding hydrogens is 182 g/mol. The predicted octanol–water partition coefficient (Wildman–Crippen LogP) is -0.0645. The Balaban J connectivity index is 2.01. The highest BCUT2D eigenvalue weighted by Crippen LogP contribution is 2.37. The Labute approximate surface area is 80.3 Å². The van der Waals surface area contributed by atoms with Crippen molar-refractivity contribution in [1.82, 2.24) is 20.5 Å². The Kier molecular flexibility index (Phi) is 2.14. The maximum absolute atomic E-state index is 11.3. The van der Waals surface area contributed by atoms with Gasteiger partial charge in [-0.05, 0) is 12.8 Å². The number of aromatic nitrogens is 3. The molecule has 6 heteroatoms. The van der Waals surface area contributed by atoms with E-state index in [9.17, 15) is 4.79 Å². The van der Waals surface area contributed by atoms with Crippen LogP contribution in [0.3, 0.4) is 0 Å². The van der Waals surface area contributed by atoms with Gasteiger partial charge in [0, 0.05) is 5.92 Å². The van der Waals surface area contributed by atoms with E-state index in [1.807, 2.05) is 6.07 Å². The first-order valence-electron chi connectivity index (χ1n) is 4.38. The molecule has 14 heavy (non-hydrogen) atoms. The maximum Gasteiger partial charge on any atom is 0.291 e. The molecule has 1 aromatic heterocycles. The van der Waals surface area contributed by atoms with Crippen LogP contribution in [-0.4, -0.2) is 27.6 Å². The Morgan fingerprint density at radius 2 is 2.50 bits per heavy atom. The predicted molar refractivity (Wildman–Crippen MR) is 46.3 cm³/mol. The van der Waals surface area contributed by atoms with Gasteiger partial charge in [0.15, 0.2) is 0 Å². The van der Waals surface area contributed by atoms with E-state index in [0.29, 0.717) is 5.92 Å². The van der Waals surface area contributed by atoms with E-state index in [2.05, 4.69) is 20.5 Å². The second kappa shape index (κ2) is 3.46. The van der Waals surface area contributed by atoms with E-state index in [1.54, 1.807) is 0 Å². The largest absolute Gasteiger partial charge is 0.336 e. The number of nitriles is 1. The molecule has 6 nitrogen and oxygen atoms in total. The minimum atomic E-state index is -0.408. The summed E-state index contributed by atoms with van der Waals surface area (Å²) in [7, 11) is 0. The molecule has 2 rings (SSSR count). The Morgan fingerprint density at radius 3 is 3.14 bits per heavy atom. The lowest BCUT2D eigenvalue weighted by molar-refractivity contribution is 0.0948. The lowest BCUT2D eigenvalue weighted by Crippen LogP contribution is -2.24. The molecule has 1 aromatic rings. The summed E-state index contributed by atoms with van der Waals surface area (Å²) in [4.78, 5) is 15.3. The van der Waals surface area contributed by atoms with Crippen molar-refractivity contribution in [1.29, 1.82) is 5.26 Å². The highest BCUT2D eigenvalue weighted by Gasteiger charge is 2.27. The number of hydrogen-bond acceptors (Lipinski definition) is 4. The van der Waals surface area contributed by atoms with E-state index in [4.69, 9.17) is 5.26 Å². The molecule has 0 unspecified atom stereocenters. The molecule has 1 amide bonds. The summed E-state index contributed by atoms with van der Waals surface area (Å²) in [5.74, 6) is 0.920. The Bertz CT molecular complexity index is 387. The summed E-state index contributed by atoms with van der Waals surface area (Å²) in [6.45, 7) is -0.0217. The van der Waals surface area contributed by atoms with Crippen LogP contribution in [-0.2, 0) is 0 Å². The third-order valence-electron chi connectivity index (χ3n) is 2.00. The van der Waals surface area contributed by atoms with E-state index in [0.717, 1.165) is 18.7 Å². The molecule has 0 spiro atoms. The van der Waals surface area contributed by atoms with Crippen molar-refractivity contribution in [3.05, 3.63) is 11.6 Å². The van der Waals surface area contributed by atoms with Crippen molar-refractivity contribution in [2.45, 2.75) is 18.8 Å². The fraction of sp³-hybridized carbons (Fsp3) is 0.500. The summed E-state index contributed by atoms with van der Waals surface area (Å²) in [5.41, 5.74) is 0. The highest BCUT2D eigenvalue weighted by atomic mass is 16.2. The number of H-pyrrole nitrogens is 1. The summed E-state index contributed by atoms with van der Waals surface area (Å²) < 4.78 is 0. The minimum Gasteiger partial charge on any atom is -0.336 e. The van der Waals surface area contributed by atoms with Gasteiger partial charge in [0.2, 0.25) is 5.82 Å². The van der Waals surface area contributed by atoms with Gasteiger partial charge in [0.25, 0.3) is 5.91 Å². The van der Waals surface area contributed by atoms with Crippen LogP contribution in [0.4, 0.5) is 0 Å². The summed E-state index contributed by atoms with van der Waals surface area (Å²) >= 11 is 0. The van der Waals surface area contributed by atoms with Crippen LogP contribution < -0.4 is 5.32 Å². The molecule has 0 radical (unpaired) electrons. The first kappa shape index (κ1) is 8.69. The monoisotopic (exact) mass is 191 g/mol. The zero-order chi connectivity index (χ0) is 9.97. The average Bonchev–Trinajstić information content (AvgIpc) is 2.93. The molecule has 1 saturated carbocycles. The number of aromatic amines is 1. The smallest absolute Gasteiger partial charge is 0.291 e. The molecule has 0 aliphatic heterocycles. The fourth-order valence-corrected chi connectivity index (χ4v) is 1.11. The van der Waals surface area contributed by atoms with Crippen molar-refractivity contribution < 1.29 is 4.79 Å². The van der Waals surface area contributed by atoms with Crippen LogP contribution in [0.5, 0.6) is 0 Å².